The maximum atomic E-state index is 12.0. The Morgan fingerprint density at radius 3 is 2.35 bits per heavy atom. The van der Waals surface area contributed by atoms with Gasteiger partial charge in [0.15, 0.2) is 0 Å². The Kier molecular flexibility index (Phi) is 5.96. The van der Waals surface area contributed by atoms with Crippen LogP contribution in [0.3, 0.4) is 0 Å². The van der Waals surface area contributed by atoms with Gasteiger partial charge >= 0.3 is 0 Å². The highest BCUT2D eigenvalue weighted by atomic mass is 16.1. The standard InChI is InChI=1S/C14H28N2O/c1-14(2,9-10-15)16-13(17)11-12-7-5-3-4-6-8-12/h12H,3-11,15H2,1-2H3,(H,16,17). The van der Waals surface area contributed by atoms with Crippen molar-refractivity contribution < 1.29 is 4.79 Å². The van der Waals surface area contributed by atoms with Crippen molar-refractivity contribution in [3.63, 3.8) is 0 Å². The molecule has 3 nitrogen and oxygen atoms in total. The molecule has 100 valence electrons. The molecule has 0 aromatic heterocycles. The van der Waals surface area contributed by atoms with E-state index in [1.807, 2.05) is 13.8 Å². The molecule has 1 aliphatic carbocycles. The summed E-state index contributed by atoms with van der Waals surface area (Å²) in [5.74, 6) is 0.807. The van der Waals surface area contributed by atoms with E-state index in [9.17, 15) is 4.79 Å². The molecule has 1 aliphatic rings. The molecule has 17 heavy (non-hydrogen) atoms. The third kappa shape index (κ3) is 6.06. The Bertz CT molecular complexity index is 230. The van der Waals surface area contributed by atoms with Gasteiger partial charge in [0.05, 0.1) is 0 Å². The summed E-state index contributed by atoms with van der Waals surface area (Å²) in [5, 5.41) is 3.11. The minimum absolute atomic E-state index is 0.156. The highest BCUT2D eigenvalue weighted by Crippen LogP contribution is 2.25. The van der Waals surface area contributed by atoms with E-state index in [0.29, 0.717) is 18.9 Å². The predicted molar refractivity (Wildman–Crippen MR) is 71.7 cm³/mol. The SMILES string of the molecule is CC(C)(CCN)NC(=O)CC1CCCCCC1. The molecule has 0 bridgehead atoms. The molecule has 3 heteroatoms. The molecule has 1 rings (SSSR count). The normalized spacial score (nSPS) is 18.8. The number of carbonyl (C=O) groups excluding carboxylic acids is 1. The number of nitrogens with two attached hydrogens (primary N) is 1. The minimum Gasteiger partial charge on any atom is -0.351 e. The van der Waals surface area contributed by atoms with Gasteiger partial charge in [-0.2, -0.15) is 0 Å². The van der Waals surface area contributed by atoms with E-state index in [-0.39, 0.29) is 11.4 Å². The zero-order valence-corrected chi connectivity index (χ0v) is 11.4. The lowest BCUT2D eigenvalue weighted by Crippen LogP contribution is -2.45. The van der Waals surface area contributed by atoms with Gasteiger partial charge in [-0.15, -0.1) is 0 Å². The molecule has 0 radical (unpaired) electrons. The molecule has 0 aliphatic heterocycles. The van der Waals surface area contributed by atoms with Crippen molar-refractivity contribution in [2.75, 3.05) is 6.54 Å². The average Bonchev–Trinajstić information content (AvgIpc) is 2.44. The smallest absolute Gasteiger partial charge is 0.220 e. The molecule has 0 atom stereocenters. The van der Waals surface area contributed by atoms with Crippen molar-refractivity contribution in [3.05, 3.63) is 0 Å². The number of nitrogens with one attached hydrogen (secondary N) is 1. The first-order valence-corrected chi connectivity index (χ1v) is 7.04. The molecule has 1 saturated carbocycles. The lowest BCUT2D eigenvalue weighted by atomic mass is 9.94. The van der Waals surface area contributed by atoms with Gasteiger partial charge in [-0.1, -0.05) is 25.7 Å². The molecule has 0 unspecified atom stereocenters. The predicted octanol–water partition coefficient (Wildman–Crippen LogP) is 2.59. The van der Waals surface area contributed by atoms with Gasteiger partial charge in [0, 0.05) is 12.0 Å². The van der Waals surface area contributed by atoms with Gasteiger partial charge in [0.2, 0.25) is 5.91 Å². The zero-order valence-electron chi connectivity index (χ0n) is 11.4. The summed E-state index contributed by atoms with van der Waals surface area (Å²) in [5.41, 5.74) is 5.39. The second kappa shape index (κ2) is 7.00. The highest BCUT2D eigenvalue weighted by molar-refractivity contribution is 5.76. The third-order valence-electron chi connectivity index (χ3n) is 3.70. The van der Waals surface area contributed by atoms with Gasteiger partial charge < -0.3 is 11.1 Å². The van der Waals surface area contributed by atoms with Crippen LogP contribution < -0.4 is 11.1 Å². The van der Waals surface area contributed by atoms with E-state index >= 15 is 0 Å². The van der Waals surface area contributed by atoms with Crippen LogP contribution in [-0.2, 0) is 4.79 Å². The quantitative estimate of drug-likeness (QED) is 0.726. The molecule has 0 spiro atoms. The van der Waals surface area contributed by atoms with E-state index in [2.05, 4.69) is 5.32 Å². The first kappa shape index (κ1) is 14.5. The van der Waals surface area contributed by atoms with Crippen LogP contribution in [0.2, 0.25) is 0 Å². The summed E-state index contributed by atoms with van der Waals surface area (Å²) >= 11 is 0. The lowest BCUT2D eigenvalue weighted by molar-refractivity contribution is -0.123. The van der Waals surface area contributed by atoms with Crippen LogP contribution in [0, 0.1) is 5.92 Å². The van der Waals surface area contributed by atoms with Gasteiger partial charge in [0.25, 0.3) is 0 Å². The van der Waals surface area contributed by atoms with Crippen LogP contribution in [0.1, 0.15) is 65.2 Å². The molecule has 0 aromatic rings. The van der Waals surface area contributed by atoms with Crippen LogP contribution in [0.4, 0.5) is 0 Å². The molecule has 3 N–H and O–H groups in total. The van der Waals surface area contributed by atoms with E-state index in [1.54, 1.807) is 0 Å². The highest BCUT2D eigenvalue weighted by Gasteiger charge is 2.22. The van der Waals surface area contributed by atoms with Crippen molar-refractivity contribution in [3.8, 4) is 0 Å². The lowest BCUT2D eigenvalue weighted by Gasteiger charge is -2.26. The fraction of sp³-hybridized carbons (Fsp3) is 0.929. The summed E-state index contributed by atoms with van der Waals surface area (Å²) < 4.78 is 0. The molecule has 1 fully saturated rings. The second-order valence-electron chi connectivity index (χ2n) is 6.03. The topological polar surface area (TPSA) is 55.1 Å². The maximum absolute atomic E-state index is 12.0. The number of hydrogen-bond donors (Lipinski definition) is 2. The van der Waals surface area contributed by atoms with Crippen molar-refractivity contribution in [2.45, 2.75) is 70.8 Å². The van der Waals surface area contributed by atoms with Gasteiger partial charge in [0.1, 0.15) is 0 Å². The number of rotatable bonds is 5. The van der Waals surface area contributed by atoms with Gasteiger partial charge in [-0.05, 0) is 45.6 Å². The van der Waals surface area contributed by atoms with E-state index in [1.165, 1.54) is 38.5 Å². The summed E-state index contributed by atoms with van der Waals surface area (Å²) in [7, 11) is 0. The average molecular weight is 240 g/mol. The Balaban J connectivity index is 2.32. The summed E-state index contributed by atoms with van der Waals surface area (Å²) in [6.07, 6.45) is 9.27. The minimum atomic E-state index is -0.156. The Morgan fingerprint density at radius 2 is 1.82 bits per heavy atom. The Hall–Kier alpha value is -0.570. The largest absolute Gasteiger partial charge is 0.351 e. The van der Waals surface area contributed by atoms with Crippen molar-refractivity contribution in [1.29, 1.82) is 0 Å². The first-order chi connectivity index (χ1) is 8.03. The van der Waals surface area contributed by atoms with E-state index < -0.39 is 0 Å². The summed E-state index contributed by atoms with van der Waals surface area (Å²) in [6.45, 7) is 4.71. The van der Waals surface area contributed by atoms with Crippen molar-refractivity contribution in [2.24, 2.45) is 11.7 Å². The van der Waals surface area contributed by atoms with Crippen LogP contribution in [0.5, 0.6) is 0 Å². The van der Waals surface area contributed by atoms with Crippen LogP contribution >= 0.6 is 0 Å². The van der Waals surface area contributed by atoms with Gasteiger partial charge in [-0.25, -0.2) is 0 Å². The third-order valence-corrected chi connectivity index (χ3v) is 3.70. The molecule has 0 heterocycles. The summed E-state index contributed by atoms with van der Waals surface area (Å²) in [4.78, 5) is 12.0. The number of carbonyl (C=O) groups is 1. The Labute approximate surface area is 106 Å². The van der Waals surface area contributed by atoms with E-state index in [4.69, 9.17) is 5.73 Å². The summed E-state index contributed by atoms with van der Waals surface area (Å²) in [6, 6.07) is 0. The Morgan fingerprint density at radius 1 is 1.24 bits per heavy atom. The maximum Gasteiger partial charge on any atom is 0.220 e. The van der Waals surface area contributed by atoms with Crippen LogP contribution in [0.15, 0.2) is 0 Å². The number of hydrogen-bond acceptors (Lipinski definition) is 2. The van der Waals surface area contributed by atoms with E-state index in [0.717, 1.165) is 6.42 Å². The first-order valence-electron chi connectivity index (χ1n) is 7.04. The fourth-order valence-electron chi connectivity index (χ4n) is 2.68. The zero-order chi connectivity index (χ0) is 12.7. The number of amides is 1. The van der Waals surface area contributed by atoms with Crippen molar-refractivity contribution >= 4 is 5.91 Å². The van der Waals surface area contributed by atoms with Crippen LogP contribution in [-0.4, -0.2) is 18.0 Å². The van der Waals surface area contributed by atoms with Crippen LogP contribution in [0.25, 0.3) is 0 Å². The molecular formula is C14H28N2O. The monoisotopic (exact) mass is 240 g/mol. The molecule has 0 aromatic carbocycles. The van der Waals surface area contributed by atoms with Crippen molar-refractivity contribution in [1.82, 2.24) is 5.32 Å². The fourth-order valence-corrected chi connectivity index (χ4v) is 2.68. The molecule has 0 saturated heterocycles. The molecular weight excluding hydrogens is 212 g/mol. The molecule has 1 amide bonds. The van der Waals surface area contributed by atoms with Gasteiger partial charge in [-0.3, -0.25) is 4.79 Å². The second-order valence-corrected chi connectivity index (χ2v) is 6.03.